The molecule has 0 spiro atoms. The van der Waals surface area contributed by atoms with Crippen LogP contribution in [0.4, 0.5) is 0 Å². The van der Waals surface area contributed by atoms with E-state index in [-0.39, 0.29) is 0 Å². The molecule has 2 heterocycles. The van der Waals surface area contributed by atoms with Crippen LogP contribution in [0.15, 0.2) is 12.4 Å². The van der Waals surface area contributed by atoms with E-state index in [9.17, 15) is 0 Å². The van der Waals surface area contributed by atoms with E-state index in [1.807, 2.05) is 10.9 Å². The molecule has 70 valence electrons. The molecule has 1 saturated heterocycles. The Bertz CT molecular complexity index is 270. The van der Waals surface area contributed by atoms with Crippen LogP contribution in [0.25, 0.3) is 0 Å². The van der Waals surface area contributed by atoms with Gasteiger partial charge in [0.2, 0.25) is 0 Å². The lowest BCUT2D eigenvalue weighted by atomic mass is 10.2. The van der Waals surface area contributed by atoms with Crippen LogP contribution in [0.2, 0.25) is 0 Å². The summed E-state index contributed by atoms with van der Waals surface area (Å²) in [5.74, 6) is 2.74. The molecule has 0 amide bonds. The van der Waals surface area contributed by atoms with Gasteiger partial charge in [-0.25, -0.2) is 0 Å². The van der Waals surface area contributed by atoms with Crippen molar-refractivity contribution in [3.05, 3.63) is 12.4 Å². The van der Waals surface area contributed by atoms with Crippen LogP contribution in [0.1, 0.15) is 6.42 Å². The summed E-state index contributed by atoms with van der Waals surface area (Å²) < 4.78 is 1.96. The first-order valence-electron chi connectivity index (χ1n) is 5.00. The summed E-state index contributed by atoms with van der Waals surface area (Å²) in [7, 11) is 0. The zero-order chi connectivity index (χ0) is 8.67. The second-order valence-corrected chi connectivity index (χ2v) is 4.11. The minimum atomic E-state index is 0.858. The minimum absolute atomic E-state index is 0.858. The lowest BCUT2D eigenvalue weighted by Crippen LogP contribution is -2.23. The third-order valence-electron chi connectivity index (χ3n) is 3.41. The number of nitrogens with zero attached hydrogens (tertiary/aromatic N) is 3. The fourth-order valence-electron chi connectivity index (χ4n) is 2.61. The molecule has 0 aromatic carbocycles. The van der Waals surface area contributed by atoms with Crippen LogP contribution in [-0.4, -0.2) is 28.1 Å². The molecule has 1 aliphatic heterocycles. The van der Waals surface area contributed by atoms with Gasteiger partial charge in [-0.1, -0.05) is 5.21 Å². The largest absolute Gasteiger partial charge is 0.316 e. The van der Waals surface area contributed by atoms with Gasteiger partial charge in [0, 0.05) is 12.7 Å². The van der Waals surface area contributed by atoms with Crippen molar-refractivity contribution in [2.45, 2.75) is 13.0 Å². The maximum Gasteiger partial charge on any atom is 0.0692 e. The fourth-order valence-corrected chi connectivity index (χ4v) is 2.61. The Balaban J connectivity index is 1.63. The Morgan fingerprint density at radius 2 is 2.46 bits per heavy atom. The van der Waals surface area contributed by atoms with E-state index < -0.39 is 0 Å². The molecule has 2 aliphatic rings. The number of fused-ring (bicyclic) bond motifs is 1. The van der Waals surface area contributed by atoms with Crippen molar-refractivity contribution in [3.63, 3.8) is 0 Å². The second-order valence-electron chi connectivity index (χ2n) is 4.11. The topological polar surface area (TPSA) is 42.7 Å². The Labute approximate surface area is 77.3 Å². The lowest BCUT2D eigenvalue weighted by molar-refractivity contribution is 0.496. The molecule has 1 aromatic heterocycles. The zero-order valence-electron chi connectivity index (χ0n) is 7.56. The number of nitrogens with one attached hydrogen (secondary N) is 1. The molecule has 3 rings (SSSR count). The van der Waals surface area contributed by atoms with Gasteiger partial charge in [-0.2, -0.15) is 0 Å². The number of rotatable bonds is 2. The van der Waals surface area contributed by atoms with Gasteiger partial charge in [-0.15, -0.1) is 5.10 Å². The molecule has 1 N–H and O–H groups in total. The van der Waals surface area contributed by atoms with Crippen molar-refractivity contribution in [2.75, 3.05) is 13.1 Å². The molecular weight excluding hydrogens is 164 g/mol. The minimum Gasteiger partial charge on any atom is -0.316 e. The standard InChI is InChI=1S/C9H14N4/c1-2-10-5-8-7(1)9(8)6-13-4-3-11-12-13/h3-4,7-10H,1-2,5-6H2. The molecule has 1 aliphatic carbocycles. The van der Waals surface area contributed by atoms with E-state index in [0.717, 1.165) is 24.3 Å². The molecule has 3 unspecified atom stereocenters. The molecule has 4 nitrogen and oxygen atoms in total. The van der Waals surface area contributed by atoms with Gasteiger partial charge >= 0.3 is 0 Å². The van der Waals surface area contributed by atoms with Crippen LogP contribution in [0.3, 0.4) is 0 Å². The SMILES string of the molecule is c1cn(CC2C3CCNCC32)nn1. The summed E-state index contributed by atoms with van der Waals surface area (Å²) in [6, 6.07) is 0. The van der Waals surface area contributed by atoms with E-state index in [4.69, 9.17) is 0 Å². The molecule has 0 bridgehead atoms. The average Bonchev–Trinajstić information content (AvgIpc) is 2.60. The van der Waals surface area contributed by atoms with Crippen LogP contribution in [-0.2, 0) is 6.54 Å². The van der Waals surface area contributed by atoms with Gasteiger partial charge in [0.1, 0.15) is 0 Å². The average molecular weight is 178 g/mol. The van der Waals surface area contributed by atoms with Crippen molar-refractivity contribution in [3.8, 4) is 0 Å². The van der Waals surface area contributed by atoms with Crippen molar-refractivity contribution in [2.24, 2.45) is 17.8 Å². The van der Waals surface area contributed by atoms with Crippen molar-refractivity contribution >= 4 is 0 Å². The molecule has 2 fully saturated rings. The maximum absolute atomic E-state index is 4.00. The van der Waals surface area contributed by atoms with Gasteiger partial charge in [-0.3, -0.25) is 4.68 Å². The van der Waals surface area contributed by atoms with Crippen LogP contribution >= 0.6 is 0 Å². The quantitative estimate of drug-likeness (QED) is 0.700. The van der Waals surface area contributed by atoms with Gasteiger partial charge in [-0.05, 0) is 37.3 Å². The highest BCUT2D eigenvalue weighted by Gasteiger charge is 2.50. The Kier molecular flexibility index (Phi) is 1.62. The summed E-state index contributed by atoms with van der Waals surface area (Å²) in [5.41, 5.74) is 0. The first-order valence-corrected chi connectivity index (χ1v) is 5.00. The van der Waals surface area contributed by atoms with Gasteiger partial charge in [0.05, 0.1) is 6.20 Å². The zero-order valence-corrected chi connectivity index (χ0v) is 7.56. The normalized spacial score (nSPS) is 37.1. The van der Waals surface area contributed by atoms with Gasteiger partial charge in [0.25, 0.3) is 0 Å². The predicted molar refractivity (Wildman–Crippen MR) is 48.0 cm³/mol. The fraction of sp³-hybridized carbons (Fsp3) is 0.778. The van der Waals surface area contributed by atoms with Gasteiger partial charge < -0.3 is 5.32 Å². The molecular formula is C9H14N4. The van der Waals surface area contributed by atoms with Crippen molar-refractivity contribution in [1.29, 1.82) is 0 Å². The van der Waals surface area contributed by atoms with Crippen LogP contribution in [0, 0.1) is 17.8 Å². The third kappa shape index (κ3) is 1.25. The van der Waals surface area contributed by atoms with Crippen LogP contribution < -0.4 is 5.32 Å². The van der Waals surface area contributed by atoms with Crippen molar-refractivity contribution in [1.82, 2.24) is 20.3 Å². The summed E-state index contributed by atoms with van der Waals surface area (Å²) in [6.07, 6.45) is 5.06. The summed E-state index contributed by atoms with van der Waals surface area (Å²) in [5, 5.41) is 11.3. The summed E-state index contributed by atoms with van der Waals surface area (Å²) in [6.45, 7) is 3.48. The molecule has 1 saturated carbocycles. The molecule has 13 heavy (non-hydrogen) atoms. The number of piperidine rings is 1. The Morgan fingerprint density at radius 3 is 3.15 bits per heavy atom. The van der Waals surface area contributed by atoms with Crippen molar-refractivity contribution < 1.29 is 0 Å². The van der Waals surface area contributed by atoms with Crippen LogP contribution in [0.5, 0.6) is 0 Å². The Morgan fingerprint density at radius 1 is 1.46 bits per heavy atom. The number of hydrogen-bond donors (Lipinski definition) is 1. The molecule has 1 aromatic rings. The Hall–Kier alpha value is -0.900. The molecule has 3 atom stereocenters. The van der Waals surface area contributed by atoms with E-state index in [1.54, 1.807) is 6.20 Å². The summed E-state index contributed by atoms with van der Waals surface area (Å²) in [4.78, 5) is 0. The third-order valence-corrected chi connectivity index (χ3v) is 3.41. The highest BCUT2D eigenvalue weighted by atomic mass is 15.4. The predicted octanol–water partition coefficient (Wildman–Crippen LogP) is 0.134. The first kappa shape index (κ1) is 7.50. The van der Waals surface area contributed by atoms with E-state index in [2.05, 4.69) is 15.6 Å². The van der Waals surface area contributed by atoms with E-state index >= 15 is 0 Å². The first-order chi connectivity index (χ1) is 6.45. The molecule has 4 heteroatoms. The smallest absolute Gasteiger partial charge is 0.0692 e. The second kappa shape index (κ2) is 2.80. The molecule has 0 radical (unpaired) electrons. The lowest BCUT2D eigenvalue weighted by Gasteiger charge is -2.07. The number of hydrogen-bond acceptors (Lipinski definition) is 3. The monoisotopic (exact) mass is 178 g/mol. The highest BCUT2D eigenvalue weighted by Crippen LogP contribution is 2.50. The maximum atomic E-state index is 4.00. The van der Waals surface area contributed by atoms with E-state index in [0.29, 0.717) is 0 Å². The summed E-state index contributed by atoms with van der Waals surface area (Å²) >= 11 is 0. The highest BCUT2D eigenvalue weighted by molar-refractivity contribution is 5.00. The van der Waals surface area contributed by atoms with Gasteiger partial charge in [0.15, 0.2) is 0 Å². The van der Waals surface area contributed by atoms with E-state index in [1.165, 1.54) is 19.5 Å². The number of aromatic nitrogens is 3.